The first-order valence-corrected chi connectivity index (χ1v) is 7.80. The zero-order valence-electron chi connectivity index (χ0n) is 13.2. The molecule has 25 heavy (non-hydrogen) atoms. The molecule has 128 valence electrons. The highest BCUT2D eigenvalue weighted by Gasteiger charge is 2.22. The standard InChI is InChI=1S/C18H14ClFN2O3/c1-10-5-6-12(8-14(10)20)17-15(19)16(22-25-17)18(24)21-13-4-2-3-11(7-13)9-23/h2-8,23H,9H2,1H3,(H,21,24). The third-order valence-electron chi connectivity index (χ3n) is 3.65. The molecule has 2 N–H and O–H groups in total. The van der Waals surface area contributed by atoms with Crippen molar-refractivity contribution in [1.82, 2.24) is 5.16 Å². The topological polar surface area (TPSA) is 75.4 Å². The molecular formula is C18H14ClFN2O3. The van der Waals surface area contributed by atoms with Gasteiger partial charge in [-0.3, -0.25) is 4.79 Å². The van der Waals surface area contributed by atoms with Crippen molar-refractivity contribution in [1.29, 1.82) is 0 Å². The molecule has 0 saturated heterocycles. The summed E-state index contributed by atoms with van der Waals surface area (Å²) in [6, 6.07) is 11.2. The Bertz CT molecular complexity index is 940. The third-order valence-corrected chi connectivity index (χ3v) is 4.00. The number of anilines is 1. The Kier molecular flexibility index (Phi) is 4.83. The number of nitrogens with zero attached hydrogens (tertiary/aromatic N) is 1. The highest BCUT2D eigenvalue weighted by molar-refractivity contribution is 6.36. The number of hydrogen-bond acceptors (Lipinski definition) is 4. The van der Waals surface area contributed by atoms with Crippen molar-refractivity contribution in [2.75, 3.05) is 5.32 Å². The molecule has 0 atom stereocenters. The molecule has 0 saturated carbocycles. The average molecular weight is 361 g/mol. The van der Waals surface area contributed by atoms with Crippen LogP contribution in [0.4, 0.5) is 10.1 Å². The molecule has 3 aromatic rings. The number of aryl methyl sites for hydroxylation is 1. The monoisotopic (exact) mass is 360 g/mol. The normalized spacial score (nSPS) is 10.7. The first-order chi connectivity index (χ1) is 12.0. The van der Waals surface area contributed by atoms with Crippen LogP contribution < -0.4 is 5.32 Å². The van der Waals surface area contributed by atoms with Gasteiger partial charge in [-0.25, -0.2) is 4.39 Å². The Hall–Kier alpha value is -2.70. The van der Waals surface area contributed by atoms with Crippen molar-refractivity contribution in [3.63, 3.8) is 0 Å². The van der Waals surface area contributed by atoms with Gasteiger partial charge in [0.05, 0.1) is 6.61 Å². The van der Waals surface area contributed by atoms with Gasteiger partial charge in [-0.05, 0) is 36.2 Å². The van der Waals surface area contributed by atoms with E-state index in [-0.39, 0.29) is 23.1 Å². The maximum Gasteiger partial charge on any atom is 0.279 e. The molecule has 0 bridgehead atoms. The van der Waals surface area contributed by atoms with Crippen LogP contribution in [-0.4, -0.2) is 16.2 Å². The van der Waals surface area contributed by atoms with Gasteiger partial charge in [0.2, 0.25) is 0 Å². The van der Waals surface area contributed by atoms with E-state index in [1.165, 1.54) is 6.07 Å². The number of rotatable bonds is 4. The molecule has 7 heteroatoms. The first kappa shape index (κ1) is 17.1. The molecule has 0 aliphatic carbocycles. The minimum absolute atomic E-state index is 0.000865. The largest absolute Gasteiger partial charge is 0.392 e. The number of halogens is 2. The molecule has 0 spiro atoms. The maximum absolute atomic E-state index is 13.7. The lowest BCUT2D eigenvalue weighted by Crippen LogP contribution is -2.13. The molecule has 3 rings (SSSR count). The summed E-state index contributed by atoms with van der Waals surface area (Å²) in [5, 5.41) is 15.5. The molecule has 0 radical (unpaired) electrons. The van der Waals surface area contributed by atoms with E-state index >= 15 is 0 Å². The fraction of sp³-hybridized carbons (Fsp3) is 0.111. The summed E-state index contributed by atoms with van der Waals surface area (Å²) in [4.78, 5) is 12.3. The zero-order chi connectivity index (χ0) is 18.0. The molecule has 0 unspecified atom stereocenters. The fourth-order valence-electron chi connectivity index (χ4n) is 2.27. The van der Waals surface area contributed by atoms with E-state index in [0.29, 0.717) is 22.4 Å². The molecule has 0 aliphatic heterocycles. The van der Waals surface area contributed by atoms with Crippen LogP contribution in [0.2, 0.25) is 5.02 Å². The van der Waals surface area contributed by atoms with E-state index < -0.39 is 11.7 Å². The highest BCUT2D eigenvalue weighted by Crippen LogP contribution is 2.32. The summed E-state index contributed by atoms with van der Waals surface area (Å²) in [6.45, 7) is 1.50. The van der Waals surface area contributed by atoms with Crippen LogP contribution in [0.3, 0.4) is 0 Å². The third kappa shape index (κ3) is 3.55. The average Bonchev–Trinajstić information content (AvgIpc) is 2.99. The summed E-state index contributed by atoms with van der Waals surface area (Å²) in [5.41, 5.74) is 1.91. The fourth-order valence-corrected chi connectivity index (χ4v) is 2.54. The van der Waals surface area contributed by atoms with Crippen molar-refractivity contribution in [3.8, 4) is 11.3 Å². The van der Waals surface area contributed by atoms with Gasteiger partial charge in [0.25, 0.3) is 5.91 Å². The van der Waals surface area contributed by atoms with E-state index in [4.69, 9.17) is 21.2 Å². The van der Waals surface area contributed by atoms with Gasteiger partial charge >= 0.3 is 0 Å². The van der Waals surface area contributed by atoms with E-state index in [2.05, 4.69) is 10.5 Å². The number of carbonyl (C=O) groups is 1. The SMILES string of the molecule is Cc1ccc(-c2onc(C(=O)Nc3cccc(CO)c3)c2Cl)cc1F. The van der Waals surface area contributed by atoms with Gasteiger partial charge in [-0.2, -0.15) is 0 Å². The second-order valence-corrected chi connectivity index (χ2v) is 5.83. The summed E-state index contributed by atoms with van der Waals surface area (Å²) in [6.07, 6.45) is 0. The molecule has 1 heterocycles. The number of carbonyl (C=O) groups excluding carboxylic acids is 1. The van der Waals surface area contributed by atoms with E-state index in [1.54, 1.807) is 43.3 Å². The summed E-state index contributed by atoms with van der Waals surface area (Å²) in [7, 11) is 0. The van der Waals surface area contributed by atoms with Gasteiger partial charge in [0.15, 0.2) is 11.5 Å². The molecular weight excluding hydrogens is 347 g/mol. The second kappa shape index (κ2) is 7.04. The predicted molar refractivity (Wildman–Crippen MR) is 92.0 cm³/mol. The molecule has 1 aromatic heterocycles. The number of nitrogens with one attached hydrogen (secondary N) is 1. The van der Waals surface area contributed by atoms with Crippen molar-refractivity contribution in [2.24, 2.45) is 0 Å². The number of benzene rings is 2. The Morgan fingerprint density at radius 3 is 2.84 bits per heavy atom. The number of aliphatic hydroxyl groups excluding tert-OH is 1. The van der Waals surface area contributed by atoms with Gasteiger partial charge in [-0.15, -0.1) is 0 Å². The second-order valence-electron chi connectivity index (χ2n) is 5.45. The van der Waals surface area contributed by atoms with Crippen LogP contribution in [0.25, 0.3) is 11.3 Å². The summed E-state index contributed by atoms with van der Waals surface area (Å²) >= 11 is 6.19. The van der Waals surface area contributed by atoms with Gasteiger partial charge in [0, 0.05) is 11.3 Å². The number of hydrogen-bond donors (Lipinski definition) is 2. The molecule has 1 amide bonds. The van der Waals surface area contributed by atoms with Crippen LogP contribution in [0.15, 0.2) is 47.0 Å². The number of amides is 1. The van der Waals surface area contributed by atoms with Crippen LogP contribution in [0.1, 0.15) is 21.6 Å². The number of aromatic nitrogens is 1. The lowest BCUT2D eigenvalue weighted by molar-refractivity contribution is 0.101. The van der Waals surface area contributed by atoms with Crippen LogP contribution in [-0.2, 0) is 6.61 Å². The minimum Gasteiger partial charge on any atom is -0.392 e. The molecule has 0 aliphatic rings. The molecule has 2 aromatic carbocycles. The van der Waals surface area contributed by atoms with Crippen molar-refractivity contribution >= 4 is 23.2 Å². The minimum atomic E-state index is -0.567. The van der Waals surface area contributed by atoms with Gasteiger partial charge in [-0.1, -0.05) is 41.0 Å². The van der Waals surface area contributed by atoms with Crippen molar-refractivity contribution in [3.05, 3.63) is 70.1 Å². The number of aliphatic hydroxyl groups is 1. The lowest BCUT2D eigenvalue weighted by Gasteiger charge is -2.04. The van der Waals surface area contributed by atoms with E-state index in [0.717, 1.165) is 0 Å². The Labute approximate surface area is 148 Å². The van der Waals surface area contributed by atoms with Crippen LogP contribution in [0.5, 0.6) is 0 Å². The van der Waals surface area contributed by atoms with Crippen LogP contribution >= 0.6 is 11.6 Å². The van der Waals surface area contributed by atoms with Crippen molar-refractivity contribution < 1.29 is 18.8 Å². The lowest BCUT2D eigenvalue weighted by atomic mass is 10.1. The predicted octanol–water partition coefficient (Wildman–Crippen LogP) is 4.19. The van der Waals surface area contributed by atoms with Gasteiger partial charge < -0.3 is 14.9 Å². The Balaban J connectivity index is 1.87. The quantitative estimate of drug-likeness (QED) is 0.731. The smallest absolute Gasteiger partial charge is 0.279 e. The summed E-state index contributed by atoms with van der Waals surface area (Å²) < 4.78 is 18.8. The Morgan fingerprint density at radius 2 is 2.12 bits per heavy atom. The molecule has 5 nitrogen and oxygen atoms in total. The van der Waals surface area contributed by atoms with Crippen LogP contribution in [0, 0.1) is 12.7 Å². The zero-order valence-corrected chi connectivity index (χ0v) is 14.0. The highest BCUT2D eigenvalue weighted by atomic mass is 35.5. The molecule has 0 fully saturated rings. The van der Waals surface area contributed by atoms with Gasteiger partial charge in [0.1, 0.15) is 10.8 Å². The summed E-state index contributed by atoms with van der Waals surface area (Å²) in [5.74, 6) is -0.853. The first-order valence-electron chi connectivity index (χ1n) is 7.42. The van der Waals surface area contributed by atoms with Crippen molar-refractivity contribution in [2.45, 2.75) is 13.5 Å². The maximum atomic E-state index is 13.7. The van der Waals surface area contributed by atoms with E-state index in [1.807, 2.05) is 0 Å². The van der Waals surface area contributed by atoms with E-state index in [9.17, 15) is 9.18 Å². The Morgan fingerprint density at radius 1 is 1.32 bits per heavy atom.